The van der Waals surface area contributed by atoms with E-state index in [1.54, 1.807) is 53.3 Å². The van der Waals surface area contributed by atoms with Crippen molar-refractivity contribution in [3.63, 3.8) is 0 Å². The van der Waals surface area contributed by atoms with E-state index in [-0.39, 0.29) is 29.7 Å². The van der Waals surface area contributed by atoms with E-state index in [0.717, 1.165) is 12.1 Å². The molecule has 1 fully saturated rings. The molecule has 0 radical (unpaired) electrons. The molecule has 0 unspecified atom stereocenters. The fourth-order valence-corrected chi connectivity index (χ4v) is 5.24. The van der Waals surface area contributed by atoms with E-state index in [9.17, 15) is 14.9 Å². The van der Waals surface area contributed by atoms with Gasteiger partial charge in [-0.1, -0.05) is 43.7 Å². The van der Waals surface area contributed by atoms with Gasteiger partial charge in [0, 0.05) is 23.9 Å². The Morgan fingerprint density at radius 3 is 2.65 bits per heavy atom. The first-order valence-corrected chi connectivity index (χ1v) is 12.6. The maximum absolute atomic E-state index is 15.4. The summed E-state index contributed by atoms with van der Waals surface area (Å²) in [6.07, 6.45) is 2.67. The second-order valence-corrected chi connectivity index (χ2v) is 9.79. The average Bonchev–Trinajstić information content (AvgIpc) is 3.24. The quantitative estimate of drug-likeness (QED) is 0.360. The molecule has 2 aromatic carbocycles. The van der Waals surface area contributed by atoms with Crippen molar-refractivity contribution in [1.29, 1.82) is 5.26 Å². The van der Waals surface area contributed by atoms with Gasteiger partial charge >= 0.3 is 0 Å². The Morgan fingerprint density at radius 1 is 1.22 bits per heavy atom. The first kappa shape index (κ1) is 24.6. The first-order chi connectivity index (χ1) is 17.8. The summed E-state index contributed by atoms with van der Waals surface area (Å²) >= 11 is 0. The highest BCUT2D eigenvalue weighted by atomic mass is 19.1. The van der Waals surface area contributed by atoms with E-state index in [1.165, 1.54) is 6.07 Å². The summed E-state index contributed by atoms with van der Waals surface area (Å²) in [7, 11) is 0. The van der Waals surface area contributed by atoms with Crippen LogP contribution in [-0.2, 0) is 17.6 Å². The predicted molar refractivity (Wildman–Crippen MR) is 138 cm³/mol. The number of nitriles is 1. The van der Waals surface area contributed by atoms with E-state index in [2.05, 4.69) is 16.2 Å². The number of Topliss-reactive ketones (excluding diaryl/α,β-unsaturated/α-hetero) is 1. The average molecular weight is 498 g/mol. The van der Waals surface area contributed by atoms with Crippen molar-refractivity contribution < 1.29 is 9.18 Å². The molecule has 188 valence electrons. The minimum atomic E-state index is -0.436. The number of hydrogen-bond acceptors (Lipinski definition) is 5. The molecule has 0 amide bonds. The highest BCUT2D eigenvalue weighted by molar-refractivity contribution is 5.79. The number of aromatic nitrogens is 4. The minimum Gasteiger partial charge on any atom is -0.300 e. The van der Waals surface area contributed by atoms with Crippen molar-refractivity contribution in [2.45, 2.75) is 58.9 Å². The third kappa shape index (κ3) is 4.35. The third-order valence-corrected chi connectivity index (χ3v) is 7.31. The van der Waals surface area contributed by atoms with Gasteiger partial charge in [-0.2, -0.15) is 15.3 Å². The second-order valence-electron chi connectivity index (χ2n) is 9.79. The largest absolute Gasteiger partial charge is 0.300 e. The summed E-state index contributed by atoms with van der Waals surface area (Å²) in [4.78, 5) is 30.3. The molecule has 0 spiro atoms. The van der Waals surface area contributed by atoms with Gasteiger partial charge in [-0.25, -0.2) is 8.91 Å². The Kier molecular flexibility index (Phi) is 6.46. The molecule has 2 heterocycles. The van der Waals surface area contributed by atoms with Crippen LogP contribution in [0.5, 0.6) is 0 Å². The van der Waals surface area contributed by atoms with Gasteiger partial charge in [-0.3, -0.25) is 14.2 Å². The van der Waals surface area contributed by atoms with Crippen LogP contribution in [-0.4, -0.2) is 24.9 Å². The van der Waals surface area contributed by atoms with Crippen molar-refractivity contribution in [3.8, 4) is 17.2 Å². The number of rotatable bonds is 7. The van der Waals surface area contributed by atoms with Crippen molar-refractivity contribution >= 4 is 11.6 Å². The number of aryl methyl sites for hydroxylation is 2. The summed E-state index contributed by atoms with van der Waals surface area (Å²) in [5.41, 5.74) is 3.17. The normalized spacial score (nSPS) is 16.9. The number of halogens is 1. The van der Waals surface area contributed by atoms with E-state index in [0.29, 0.717) is 58.7 Å². The maximum atomic E-state index is 15.4. The smallest absolute Gasteiger partial charge is 0.259 e. The van der Waals surface area contributed by atoms with Crippen molar-refractivity contribution in [3.05, 3.63) is 86.8 Å². The molecule has 8 heteroatoms. The molecule has 0 saturated heterocycles. The Bertz CT molecular complexity index is 1620. The lowest BCUT2D eigenvalue weighted by Crippen LogP contribution is -2.39. The third-order valence-electron chi connectivity index (χ3n) is 7.31. The number of benzene rings is 2. The fraction of sp³-hybridized carbons (Fsp3) is 0.345. The summed E-state index contributed by atoms with van der Waals surface area (Å²) in [6, 6.07) is 14.0. The van der Waals surface area contributed by atoms with Gasteiger partial charge in [0.05, 0.1) is 17.3 Å². The molecule has 1 aliphatic rings. The van der Waals surface area contributed by atoms with Crippen molar-refractivity contribution in [2.75, 3.05) is 0 Å². The maximum Gasteiger partial charge on any atom is 0.259 e. The van der Waals surface area contributed by atoms with Crippen molar-refractivity contribution in [2.24, 2.45) is 5.92 Å². The second kappa shape index (κ2) is 9.74. The summed E-state index contributed by atoms with van der Waals surface area (Å²) in [6.45, 7) is 5.39. The fourth-order valence-electron chi connectivity index (χ4n) is 5.24. The molecule has 1 aliphatic carbocycles. The Labute approximate surface area is 214 Å². The van der Waals surface area contributed by atoms with Gasteiger partial charge in [0.25, 0.3) is 5.56 Å². The lowest BCUT2D eigenvalue weighted by molar-refractivity contribution is -0.124. The van der Waals surface area contributed by atoms with Gasteiger partial charge in [0.2, 0.25) is 5.78 Å². The van der Waals surface area contributed by atoms with E-state index < -0.39 is 5.82 Å². The van der Waals surface area contributed by atoms with Gasteiger partial charge in [0.1, 0.15) is 17.4 Å². The highest BCUT2D eigenvalue weighted by Gasteiger charge is 2.36. The molecular formula is C29H28FN5O2. The highest BCUT2D eigenvalue weighted by Crippen LogP contribution is 2.38. The number of nitrogens with zero attached hydrogens (tertiary/aromatic N) is 5. The molecule has 37 heavy (non-hydrogen) atoms. The lowest BCUT2D eigenvalue weighted by Gasteiger charge is -2.35. The molecule has 5 rings (SSSR count). The number of hydrogen-bond donors (Lipinski definition) is 0. The van der Waals surface area contributed by atoms with Gasteiger partial charge in [0.15, 0.2) is 0 Å². The van der Waals surface area contributed by atoms with Crippen LogP contribution in [0, 0.1) is 30.0 Å². The SMILES string of the molecule is CCCc1c(Cc2ccc(-c3ccccc3C#N)cc2F)c(=O)n([C@H]2C[C@@H](C(C)=O)C2)c2nc(C)nn12. The number of ketones is 1. The topological polar surface area (TPSA) is 93.0 Å². The Hall–Kier alpha value is -4.12. The van der Waals surface area contributed by atoms with Crippen LogP contribution in [0.3, 0.4) is 0 Å². The monoisotopic (exact) mass is 497 g/mol. The van der Waals surface area contributed by atoms with Crippen LogP contribution in [0.15, 0.2) is 47.3 Å². The molecular weight excluding hydrogens is 469 g/mol. The Balaban J connectivity index is 1.60. The number of carbonyl (C=O) groups excluding carboxylic acids is 1. The molecule has 0 bridgehead atoms. The molecule has 7 nitrogen and oxygen atoms in total. The Morgan fingerprint density at radius 2 is 1.97 bits per heavy atom. The van der Waals surface area contributed by atoms with Gasteiger partial charge in [-0.15, -0.1) is 0 Å². The van der Waals surface area contributed by atoms with Gasteiger partial charge in [-0.05, 0) is 61.9 Å². The molecule has 4 aromatic rings. The zero-order valence-corrected chi connectivity index (χ0v) is 21.2. The van der Waals surface area contributed by atoms with Crippen LogP contribution in [0.4, 0.5) is 4.39 Å². The lowest BCUT2D eigenvalue weighted by atomic mass is 9.77. The zero-order valence-electron chi connectivity index (χ0n) is 21.2. The molecule has 0 N–H and O–H groups in total. The summed E-state index contributed by atoms with van der Waals surface area (Å²) in [5.74, 6) is 0.665. The molecule has 0 atom stereocenters. The van der Waals surface area contributed by atoms with Crippen molar-refractivity contribution in [1.82, 2.24) is 19.2 Å². The standard InChI is InChI=1S/C29H28FN5O2/c1-4-7-27-25(14-20-11-10-19(15-26(20)30)24-9-6-5-8-21(24)16-31)28(37)34(23-12-22(13-23)17(2)36)29-32-18(3)33-35(27)29/h5-6,8-11,15,22-23H,4,7,12-14H2,1-3H3/t22-,23+. The number of fused-ring (bicyclic) bond motifs is 1. The van der Waals surface area contributed by atoms with E-state index in [1.807, 2.05) is 13.0 Å². The van der Waals surface area contributed by atoms with E-state index >= 15 is 4.39 Å². The van der Waals surface area contributed by atoms with Gasteiger partial charge < -0.3 is 0 Å². The van der Waals surface area contributed by atoms with Crippen LogP contribution in [0.25, 0.3) is 16.9 Å². The number of carbonyl (C=O) groups is 1. The summed E-state index contributed by atoms with van der Waals surface area (Å²) < 4.78 is 18.8. The summed E-state index contributed by atoms with van der Waals surface area (Å²) in [5, 5.41) is 14.0. The molecule has 0 aliphatic heterocycles. The van der Waals surface area contributed by atoms with Crippen LogP contribution in [0.1, 0.15) is 67.4 Å². The molecule has 1 saturated carbocycles. The zero-order chi connectivity index (χ0) is 26.3. The predicted octanol–water partition coefficient (Wildman–Crippen LogP) is 4.96. The first-order valence-electron chi connectivity index (χ1n) is 12.6. The van der Waals surface area contributed by atoms with Crippen LogP contribution >= 0.6 is 0 Å². The molecule has 2 aromatic heterocycles. The van der Waals surface area contributed by atoms with Crippen LogP contribution < -0.4 is 5.56 Å². The minimum absolute atomic E-state index is 0.0546. The van der Waals surface area contributed by atoms with Crippen LogP contribution in [0.2, 0.25) is 0 Å². The van der Waals surface area contributed by atoms with E-state index in [4.69, 9.17) is 0 Å².